The summed E-state index contributed by atoms with van der Waals surface area (Å²) in [6, 6.07) is 3.56. The minimum absolute atomic E-state index is 0.196. The lowest BCUT2D eigenvalue weighted by Crippen LogP contribution is -2.44. The molecule has 0 aliphatic carbocycles. The van der Waals surface area contributed by atoms with Crippen molar-refractivity contribution < 1.29 is 4.79 Å². The summed E-state index contributed by atoms with van der Waals surface area (Å²) in [7, 11) is 2.10. The lowest BCUT2D eigenvalue weighted by Gasteiger charge is -2.32. The van der Waals surface area contributed by atoms with E-state index in [2.05, 4.69) is 27.5 Å². The highest BCUT2D eigenvalue weighted by Gasteiger charge is 2.19. The fraction of sp³-hybridized carbons (Fsp3) is 0.583. The average molecular weight is 269 g/mol. The molecule has 1 unspecified atom stereocenters. The third-order valence-electron chi connectivity index (χ3n) is 3.28. The Balaban J connectivity index is 1.86. The number of nitrogens with zero attached hydrogens (tertiary/aromatic N) is 3. The molecule has 2 heterocycles. The summed E-state index contributed by atoms with van der Waals surface area (Å²) in [5.41, 5.74) is 0.304. The van der Waals surface area contributed by atoms with Crippen molar-refractivity contribution in [2.75, 3.05) is 20.1 Å². The van der Waals surface area contributed by atoms with E-state index in [-0.39, 0.29) is 5.91 Å². The van der Waals surface area contributed by atoms with Crippen LogP contribution in [0.1, 0.15) is 29.8 Å². The number of rotatable bonds is 3. The van der Waals surface area contributed by atoms with Crippen LogP contribution in [0.15, 0.2) is 12.1 Å². The number of likely N-dealkylation sites (tertiary alicyclic amines) is 1. The summed E-state index contributed by atoms with van der Waals surface area (Å²) in [6.45, 7) is 1.75. The lowest BCUT2D eigenvalue weighted by molar-refractivity contribution is 0.0922. The standard InChI is InChI=1S/C12H17ClN4O/c1-17-7-3-2-4-9(17)8-14-12(18)10-5-6-11(13)16-15-10/h5-6,9H,2-4,7-8H2,1H3,(H,14,18). The molecule has 1 saturated heterocycles. The van der Waals surface area contributed by atoms with Crippen molar-refractivity contribution in [2.45, 2.75) is 25.3 Å². The molecular formula is C12H17ClN4O. The van der Waals surface area contributed by atoms with Crippen LogP contribution in [0.5, 0.6) is 0 Å². The second-order valence-electron chi connectivity index (χ2n) is 4.58. The van der Waals surface area contributed by atoms with E-state index in [9.17, 15) is 4.79 Å². The van der Waals surface area contributed by atoms with Crippen LogP contribution in [-0.4, -0.2) is 47.2 Å². The fourth-order valence-corrected chi connectivity index (χ4v) is 2.24. The van der Waals surface area contributed by atoms with Crippen LogP contribution < -0.4 is 5.32 Å². The predicted molar refractivity (Wildman–Crippen MR) is 69.6 cm³/mol. The van der Waals surface area contributed by atoms with Gasteiger partial charge < -0.3 is 10.2 Å². The zero-order valence-corrected chi connectivity index (χ0v) is 11.2. The molecule has 18 heavy (non-hydrogen) atoms. The molecule has 1 N–H and O–H groups in total. The van der Waals surface area contributed by atoms with Crippen LogP contribution in [0.3, 0.4) is 0 Å². The Hall–Kier alpha value is -1.20. The minimum Gasteiger partial charge on any atom is -0.349 e. The van der Waals surface area contributed by atoms with Gasteiger partial charge in [-0.2, -0.15) is 0 Å². The highest BCUT2D eigenvalue weighted by molar-refractivity contribution is 6.29. The monoisotopic (exact) mass is 268 g/mol. The summed E-state index contributed by atoms with van der Waals surface area (Å²) in [5, 5.41) is 10.6. The van der Waals surface area contributed by atoms with Gasteiger partial charge in [0, 0.05) is 12.6 Å². The van der Waals surface area contributed by atoms with E-state index in [4.69, 9.17) is 11.6 Å². The van der Waals surface area contributed by atoms with Crippen LogP contribution in [-0.2, 0) is 0 Å². The maximum Gasteiger partial charge on any atom is 0.271 e. The van der Waals surface area contributed by atoms with Crippen LogP contribution >= 0.6 is 11.6 Å². The number of carbonyl (C=O) groups is 1. The van der Waals surface area contributed by atoms with Gasteiger partial charge in [0.1, 0.15) is 0 Å². The fourth-order valence-electron chi connectivity index (χ4n) is 2.14. The molecular weight excluding hydrogens is 252 g/mol. The SMILES string of the molecule is CN1CCCCC1CNC(=O)c1ccc(Cl)nn1. The topological polar surface area (TPSA) is 58.1 Å². The van der Waals surface area contributed by atoms with Gasteiger partial charge in [0.15, 0.2) is 10.8 Å². The number of aromatic nitrogens is 2. The Morgan fingerprint density at radius 3 is 3.00 bits per heavy atom. The molecule has 1 aliphatic heterocycles. The first-order valence-electron chi connectivity index (χ1n) is 6.14. The third kappa shape index (κ3) is 3.40. The van der Waals surface area contributed by atoms with E-state index < -0.39 is 0 Å². The van der Waals surface area contributed by atoms with Gasteiger partial charge >= 0.3 is 0 Å². The summed E-state index contributed by atoms with van der Waals surface area (Å²) in [4.78, 5) is 14.1. The molecule has 5 nitrogen and oxygen atoms in total. The van der Waals surface area contributed by atoms with Crippen molar-refractivity contribution in [3.05, 3.63) is 23.0 Å². The zero-order chi connectivity index (χ0) is 13.0. The first kappa shape index (κ1) is 13.2. The highest BCUT2D eigenvalue weighted by Crippen LogP contribution is 2.14. The molecule has 0 spiro atoms. The first-order chi connectivity index (χ1) is 8.66. The molecule has 0 aromatic carbocycles. The minimum atomic E-state index is -0.196. The number of hydrogen-bond acceptors (Lipinski definition) is 4. The van der Waals surface area contributed by atoms with Crippen molar-refractivity contribution in [1.82, 2.24) is 20.4 Å². The van der Waals surface area contributed by atoms with E-state index in [0.717, 1.165) is 13.0 Å². The predicted octanol–water partition coefficient (Wildman–Crippen LogP) is 1.34. The van der Waals surface area contributed by atoms with E-state index in [1.54, 1.807) is 12.1 Å². The zero-order valence-electron chi connectivity index (χ0n) is 10.4. The normalized spacial score (nSPS) is 20.7. The number of nitrogens with one attached hydrogen (secondary N) is 1. The Labute approximate surface area is 112 Å². The maximum absolute atomic E-state index is 11.8. The van der Waals surface area contributed by atoms with Crippen molar-refractivity contribution >= 4 is 17.5 Å². The van der Waals surface area contributed by atoms with Crippen LogP contribution in [0, 0.1) is 0 Å². The van der Waals surface area contributed by atoms with Crippen molar-refractivity contribution in [3.63, 3.8) is 0 Å². The smallest absolute Gasteiger partial charge is 0.271 e. The first-order valence-corrected chi connectivity index (χ1v) is 6.52. The molecule has 0 radical (unpaired) electrons. The van der Waals surface area contributed by atoms with Gasteiger partial charge in [-0.3, -0.25) is 4.79 Å². The number of piperidine rings is 1. The Morgan fingerprint density at radius 2 is 2.33 bits per heavy atom. The van der Waals surface area contributed by atoms with E-state index in [0.29, 0.717) is 23.4 Å². The number of hydrogen-bond donors (Lipinski definition) is 1. The van der Waals surface area contributed by atoms with Gasteiger partial charge in [-0.15, -0.1) is 10.2 Å². The van der Waals surface area contributed by atoms with Crippen molar-refractivity contribution in [1.29, 1.82) is 0 Å². The third-order valence-corrected chi connectivity index (χ3v) is 3.49. The van der Waals surface area contributed by atoms with Crippen molar-refractivity contribution in [2.24, 2.45) is 0 Å². The molecule has 1 aliphatic rings. The van der Waals surface area contributed by atoms with Crippen LogP contribution in [0.4, 0.5) is 0 Å². The Bertz CT molecular complexity index is 409. The van der Waals surface area contributed by atoms with Gasteiger partial charge in [-0.25, -0.2) is 0 Å². The molecule has 0 saturated carbocycles. The summed E-state index contributed by atoms with van der Waals surface area (Å²) in [6.07, 6.45) is 3.60. The Kier molecular flexibility index (Phi) is 4.49. The largest absolute Gasteiger partial charge is 0.349 e. The van der Waals surface area contributed by atoms with Gasteiger partial charge in [-0.1, -0.05) is 18.0 Å². The second-order valence-corrected chi connectivity index (χ2v) is 4.97. The molecule has 1 aromatic heterocycles. The lowest BCUT2D eigenvalue weighted by atomic mass is 10.0. The molecule has 1 amide bonds. The molecule has 0 bridgehead atoms. The highest BCUT2D eigenvalue weighted by atomic mass is 35.5. The van der Waals surface area contributed by atoms with Crippen LogP contribution in [0.2, 0.25) is 5.15 Å². The molecule has 2 rings (SSSR count). The molecule has 98 valence electrons. The summed E-state index contributed by atoms with van der Waals surface area (Å²) >= 11 is 5.62. The number of carbonyl (C=O) groups excluding carboxylic acids is 1. The number of halogens is 1. The summed E-state index contributed by atoms with van der Waals surface area (Å²) in [5.74, 6) is -0.196. The molecule has 1 atom stereocenters. The average Bonchev–Trinajstić information content (AvgIpc) is 2.38. The van der Waals surface area contributed by atoms with E-state index >= 15 is 0 Å². The van der Waals surface area contributed by atoms with Gasteiger partial charge in [0.25, 0.3) is 5.91 Å². The maximum atomic E-state index is 11.8. The van der Waals surface area contributed by atoms with Gasteiger partial charge in [0.05, 0.1) is 0 Å². The summed E-state index contributed by atoms with van der Waals surface area (Å²) < 4.78 is 0. The number of likely N-dealkylation sites (N-methyl/N-ethyl adjacent to an activating group) is 1. The van der Waals surface area contributed by atoms with Gasteiger partial charge in [0.2, 0.25) is 0 Å². The molecule has 1 fully saturated rings. The number of amides is 1. The Morgan fingerprint density at radius 1 is 1.50 bits per heavy atom. The van der Waals surface area contributed by atoms with Crippen molar-refractivity contribution in [3.8, 4) is 0 Å². The molecule has 6 heteroatoms. The quantitative estimate of drug-likeness (QED) is 0.899. The van der Waals surface area contributed by atoms with E-state index in [1.165, 1.54) is 12.8 Å². The van der Waals surface area contributed by atoms with Crippen LogP contribution in [0.25, 0.3) is 0 Å². The molecule has 1 aromatic rings. The second kappa shape index (κ2) is 6.11. The van der Waals surface area contributed by atoms with E-state index in [1.807, 2.05) is 0 Å². The van der Waals surface area contributed by atoms with Gasteiger partial charge in [-0.05, 0) is 38.6 Å².